The number of hydrogen-bond donors (Lipinski definition) is 2. The Morgan fingerprint density at radius 3 is 2.40 bits per heavy atom. The lowest BCUT2D eigenvalue weighted by Gasteiger charge is -2.26. The van der Waals surface area contributed by atoms with Crippen molar-refractivity contribution in [2.45, 2.75) is 39.0 Å². The molecule has 1 amide bonds. The molecule has 5 nitrogen and oxygen atoms in total. The fraction of sp³-hybridized carbons (Fsp3) is 0.579. The van der Waals surface area contributed by atoms with Gasteiger partial charge in [0, 0.05) is 31.6 Å². The zero-order valence-electron chi connectivity index (χ0n) is 15.5. The van der Waals surface area contributed by atoms with Crippen LogP contribution in [0, 0.1) is 0 Å². The van der Waals surface area contributed by atoms with Gasteiger partial charge in [0.25, 0.3) is 0 Å². The number of likely N-dealkylation sites (tertiary alicyclic amines) is 1. The molecule has 1 aromatic carbocycles. The van der Waals surface area contributed by atoms with E-state index in [-0.39, 0.29) is 41.8 Å². The Bertz CT molecular complexity index is 554. The molecule has 0 bridgehead atoms. The number of amides is 1. The van der Waals surface area contributed by atoms with Crippen molar-refractivity contribution in [3.05, 3.63) is 35.9 Å². The molecule has 25 heavy (non-hydrogen) atoms. The summed E-state index contributed by atoms with van der Waals surface area (Å²) in [5.41, 5.74) is 1.26. The third kappa shape index (κ3) is 6.84. The van der Waals surface area contributed by atoms with Crippen LogP contribution >= 0.6 is 24.0 Å². The van der Waals surface area contributed by atoms with Gasteiger partial charge < -0.3 is 15.5 Å². The monoisotopic (exact) mass is 458 g/mol. The Hall–Kier alpha value is -1.31. The number of rotatable bonds is 6. The van der Waals surface area contributed by atoms with Gasteiger partial charge in [0.2, 0.25) is 5.91 Å². The fourth-order valence-electron chi connectivity index (χ4n) is 2.85. The Kier molecular flexibility index (Phi) is 9.24. The van der Waals surface area contributed by atoms with Gasteiger partial charge >= 0.3 is 0 Å². The molecule has 2 N–H and O–H groups in total. The van der Waals surface area contributed by atoms with Gasteiger partial charge in [-0.2, -0.15) is 0 Å². The lowest BCUT2D eigenvalue weighted by molar-refractivity contribution is -0.128. The van der Waals surface area contributed by atoms with E-state index in [1.165, 1.54) is 5.56 Å². The van der Waals surface area contributed by atoms with Crippen molar-refractivity contribution in [2.75, 3.05) is 32.7 Å². The second-order valence-electron chi connectivity index (χ2n) is 6.89. The summed E-state index contributed by atoms with van der Waals surface area (Å²) in [6, 6.07) is 10.4. The zero-order chi connectivity index (χ0) is 17.4. The summed E-state index contributed by atoms with van der Waals surface area (Å²) in [6.07, 6.45) is 2.22. The number of nitrogens with one attached hydrogen (secondary N) is 2. The van der Waals surface area contributed by atoms with Crippen molar-refractivity contribution in [3.8, 4) is 0 Å². The van der Waals surface area contributed by atoms with E-state index in [0.717, 1.165) is 39.0 Å². The summed E-state index contributed by atoms with van der Waals surface area (Å²) in [4.78, 5) is 18.5. The third-order valence-electron chi connectivity index (χ3n) is 4.43. The van der Waals surface area contributed by atoms with Gasteiger partial charge in [0.1, 0.15) is 6.54 Å². The molecule has 1 fully saturated rings. The Morgan fingerprint density at radius 2 is 1.80 bits per heavy atom. The Labute approximate surface area is 168 Å². The van der Waals surface area contributed by atoms with Gasteiger partial charge in [0.05, 0.1) is 0 Å². The van der Waals surface area contributed by atoms with E-state index in [1.807, 2.05) is 17.9 Å². The molecule has 0 unspecified atom stereocenters. The van der Waals surface area contributed by atoms with Crippen LogP contribution in [0.2, 0.25) is 0 Å². The average molecular weight is 458 g/mol. The first-order chi connectivity index (χ1) is 11.5. The zero-order valence-corrected chi connectivity index (χ0v) is 17.9. The maximum absolute atomic E-state index is 12.1. The van der Waals surface area contributed by atoms with Crippen molar-refractivity contribution in [3.63, 3.8) is 0 Å². The van der Waals surface area contributed by atoms with Gasteiger partial charge in [-0.15, -0.1) is 24.0 Å². The summed E-state index contributed by atoms with van der Waals surface area (Å²) >= 11 is 0. The summed E-state index contributed by atoms with van der Waals surface area (Å²) in [6.45, 7) is 9.92. The van der Waals surface area contributed by atoms with Crippen LogP contribution in [-0.2, 0) is 10.2 Å². The first-order valence-corrected chi connectivity index (χ1v) is 8.88. The molecule has 0 aliphatic carbocycles. The van der Waals surface area contributed by atoms with E-state index in [2.05, 4.69) is 53.7 Å². The number of hydrogen-bond acceptors (Lipinski definition) is 2. The molecular formula is C19H31IN4O. The molecule has 0 atom stereocenters. The van der Waals surface area contributed by atoms with E-state index in [1.54, 1.807) is 0 Å². The van der Waals surface area contributed by atoms with Crippen LogP contribution in [0.25, 0.3) is 0 Å². The third-order valence-corrected chi connectivity index (χ3v) is 4.43. The summed E-state index contributed by atoms with van der Waals surface area (Å²) in [5.74, 6) is 0.820. The summed E-state index contributed by atoms with van der Waals surface area (Å²) in [5, 5.41) is 6.59. The smallest absolute Gasteiger partial charge is 0.244 e. The number of aliphatic imine (C=N–C) groups is 1. The van der Waals surface area contributed by atoms with E-state index >= 15 is 0 Å². The normalized spacial score (nSPS) is 14.8. The van der Waals surface area contributed by atoms with Crippen molar-refractivity contribution in [1.82, 2.24) is 15.5 Å². The molecule has 1 aliphatic rings. The molecule has 2 rings (SSSR count). The van der Waals surface area contributed by atoms with Crippen molar-refractivity contribution >= 4 is 35.8 Å². The Morgan fingerprint density at radius 1 is 1.16 bits per heavy atom. The molecular weight excluding hydrogens is 427 g/mol. The minimum absolute atomic E-state index is 0. The maximum atomic E-state index is 12.1. The van der Waals surface area contributed by atoms with Gasteiger partial charge in [-0.3, -0.25) is 4.79 Å². The van der Waals surface area contributed by atoms with Gasteiger partial charge in [0.15, 0.2) is 5.96 Å². The molecule has 1 saturated heterocycles. The van der Waals surface area contributed by atoms with E-state index in [4.69, 9.17) is 0 Å². The largest absolute Gasteiger partial charge is 0.357 e. The molecule has 140 valence electrons. The van der Waals surface area contributed by atoms with Crippen molar-refractivity contribution in [1.29, 1.82) is 0 Å². The molecule has 1 aliphatic heterocycles. The highest BCUT2D eigenvalue weighted by Gasteiger charge is 2.21. The number of carbonyl (C=O) groups excluding carboxylic acids is 1. The number of halogens is 1. The average Bonchev–Trinajstić information content (AvgIpc) is 3.12. The minimum Gasteiger partial charge on any atom is -0.357 e. The quantitative estimate of drug-likeness (QED) is 0.392. The highest BCUT2D eigenvalue weighted by molar-refractivity contribution is 14.0. The number of carbonyl (C=O) groups is 1. The highest BCUT2D eigenvalue weighted by Crippen LogP contribution is 2.21. The minimum atomic E-state index is -0.0174. The van der Waals surface area contributed by atoms with Crippen LogP contribution in [0.5, 0.6) is 0 Å². The fourth-order valence-corrected chi connectivity index (χ4v) is 2.85. The van der Waals surface area contributed by atoms with Gasteiger partial charge in [-0.25, -0.2) is 4.99 Å². The van der Waals surface area contributed by atoms with Crippen LogP contribution in [0.15, 0.2) is 35.3 Å². The van der Waals surface area contributed by atoms with Crippen LogP contribution < -0.4 is 10.6 Å². The first-order valence-electron chi connectivity index (χ1n) is 8.88. The first kappa shape index (κ1) is 21.7. The number of nitrogens with zero attached hydrogens (tertiary/aromatic N) is 2. The molecule has 0 radical (unpaired) electrons. The summed E-state index contributed by atoms with van der Waals surface area (Å²) in [7, 11) is 0. The molecule has 0 spiro atoms. The van der Waals surface area contributed by atoms with Crippen molar-refractivity contribution < 1.29 is 4.79 Å². The standard InChI is InChI=1S/C19H30N4O.HI/c1-4-20-18(21-14-17(24)23-12-8-9-13-23)22-15-19(2,3)16-10-6-5-7-11-16;/h5-7,10-11H,4,8-9,12-15H2,1-3H3,(H2,20,21,22);1H. The Balaban J connectivity index is 0.00000312. The molecule has 1 heterocycles. The lowest BCUT2D eigenvalue weighted by Crippen LogP contribution is -2.44. The molecule has 0 aromatic heterocycles. The molecule has 1 aromatic rings. The lowest BCUT2D eigenvalue weighted by atomic mass is 9.85. The van der Waals surface area contributed by atoms with Crippen LogP contribution in [0.1, 0.15) is 39.2 Å². The SMILES string of the molecule is CCNC(=NCC(=O)N1CCCC1)NCC(C)(C)c1ccccc1.I. The maximum Gasteiger partial charge on any atom is 0.244 e. The van der Waals surface area contributed by atoms with E-state index in [9.17, 15) is 4.79 Å². The second kappa shape index (κ2) is 10.6. The highest BCUT2D eigenvalue weighted by atomic mass is 127. The van der Waals surface area contributed by atoms with Crippen molar-refractivity contribution in [2.24, 2.45) is 4.99 Å². The van der Waals surface area contributed by atoms with Gasteiger partial charge in [-0.05, 0) is 25.3 Å². The second-order valence-corrected chi connectivity index (χ2v) is 6.89. The number of benzene rings is 1. The van der Waals surface area contributed by atoms with E-state index < -0.39 is 0 Å². The number of guanidine groups is 1. The van der Waals surface area contributed by atoms with Crippen LogP contribution in [-0.4, -0.2) is 49.5 Å². The van der Waals surface area contributed by atoms with E-state index in [0.29, 0.717) is 5.96 Å². The molecule has 0 saturated carbocycles. The topological polar surface area (TPSA) is 56.7 Å². The molecule has 6 heteroatoms. The van der Waals surface area contributed by atoms with Crippen LogP contribution in [0.3, 0.4) is 0 Å². The summed E-state index contributed by atoms with van der Waals surface area (Å²) < 4.78 is 0. The predicted octanol–water partition coefficient (Wildman–Crippen LogP) is 2.76. The predicted molar refractivity (Wildman–Crippen MR) is 115 cm³/mol. The van der Waals surface area contributed by atoms with Crippen LogP contribution in [0.4, 0.5) is 0 Å². The van der Waals surface area contributed by atoms with Gasteiger partial charge in [-0.1, -0.05) is 44.2 Å².